The standard InChI is InChI=1S/C28H26ClN7O3/c1-6-21-31-13-20(26(32-21)39-5)36-24(15(2)3)22-23(33-36)28(38)35(19-11-18(29)14-34(4)27(19)37)25(22)17-9-7-16(12-30)8-10-17/h7-11,13-15,25H,6H2,1-5H3. The number of nitrogens with zero attached hydrogens (tertiary/aromatic N) is 7. The lowest BCUT2D eigenvalue weighted by molar-refractivity contribution is 0.0988. The number of benzene rings is 1. The summed E-state index contributed by atoms with van der Waals surface area (Å²) < 4.78 is 8.59. The molecule has 0 saturated carbocycles. The Bertz CT molecular complexity index is 1700. The highest BCUT2D eigenvalue weighted by Crippen LogP contribution is 2.45. The van der Waals surface area contributed by atoms with Gasteiger partial charge in [0.15, 0.2) is 5.69 Å². The Labute approximate surface area is 230 Å². The summed E-state index contributed by atoms with van der Waals surface area (Å²) in [6.45, 7) is 5.96. The number of ether oxygens (including phenoxy) is 1. The number of carbonyl (C=O) groups is 1. The first-order valence-electron chi connectivity index (χ1n) is 12.4. The van der Waals surface area contributed by atoms with Gasteiger partial charge < -0.3 is 9.30 Å². The Hall–Kier alpha value is -4.49. The fraction of sp³-hybridized carbons (Fsp3) is 0.286. The number of amides is 1. The average Bonchev–Trinajstić information content (AvgIpc) is 3.45. The minimum absolute atomic E-state index is 0.0902. The molecular weight excluding hydrogens is 518 g/mol. The third-order valence-electron chi connectivity index (χ3n) is 6.73. The molecule has 1 unspecified atom stereocenters. The van der Waals surface area contributed by atoms with Crippen LogP contribution in [0, 0.1) is 11.3 Å². The van der Waals surface area contributed by atoms with Crippen molar-refractivity contribution >= 4 is 23.2 Å². The summed E-state index contributed by atoms with van der Waals surface area (Å²) in [6, 6.07) is 9.87. The number of nitriles is 1. The van der Waals surface area contributed by atoms with Crippen LogP contribution < -0.4 is 15.2 Å². The van der Waals surface area contributed by atoms with Crippen LogP contribution in [0.3, 0.4) is 0 Å². The van der Waals surface area contributed by atoms with Gasteiger partial charge >= 0.3 is 0 Å². The van der Waals surface area contributed by atoms with Crippen molar-refractivity contribution in [2.24, 2.45) is 7.05 Å². The van der Waals surface area contributed by atoms with Crippen LogP contribution in [-0.2, 0) is 13.5 Å². The quantitative estimate of drug-likeness (QED) is 0.355. The van der Waals surface area contributed by atoms with E-state index in [4.69, 9.17) is 21.4 Å². The molecule has 0 bridgehead atoms. The molecule has 0 spiro atoms. The lowest BCUT2D eigenvalue weighted by atomic mass is 9.94. The van der Waals surface area contributed by atoms with Crippen molar-refractivity contribution in [3.63, 3.8) is 0 Å². The minimum Gasteiger partial charge on any atom is -0.479 e. The zero-order valence-corrected chi connectivity index (χ0v) is 22.9. The molecule has 1 aliphatic rings. The number of hydrogen-bond donors (Lipinski definition) is 0. The third kappa shape index (κ3) is 4.25. The van der Waals surface area contributed by atoms with Crippen LogP contribution in [0.1, 0.15) is 71.4 Å². The van der Waals surface area contributed by atoms with E-state index in [1.807, 2.05) is 20.8 Å². The Kier molecular flexibility index (Phi) is 6.70. The molecule has 1 aliphatic heterocycles. The molecule has 4 heterocycles. The summed E-state index contributed by atoms with van der Waals surface area (Å²) in [6.07, 6.45) is 3.77. The lowest BCUT2D eigenvalue weighted by Crippen LogP contribution is -2.35. The van der Waals surface area contributed by atoms with Gasteiger partial charge in [0.25, 0.3) is 11.5 Å². The highest BCUT2D eigenvalue weighted by atomic mass is 35.5. The molecule has 0 radical (unpaired) electrons. The molecule has 0 fully saturated rings. The van der Waals surface area contributed by atoms with Gasteiger partial charge in [-0.25, -0.2) is 9.67 Å². The average molecular weight is 544 g/mol. The van der Waals surface area contributed by atoms with Gasteiger partial charge in [-0.3, -0.25) is 14.5 Å². The first kappa shape index (κ1) is 26.1. The molecule has 1 amide bonds. The summed E-state index contributed by atoms with van der Waals surface area (Å²) in [5.74, 6) is 0.431. The molecule has 11 heteroatoms. The molecule has 39 heavy (non-hydrogen) atoms. The molecule has 4 aromatic rings. The zero-order chi connectivity index (χ0) is 28.0. The molecule has 5 rings (SSSR count). The van der Waals surface area contributed by atoms with Crippen LogP contribution in [0.4, 0.5) is 5.69 Å². The Morgan fingerprint density at radius 1 is 1.18 bits per heavy atom. The number of fused-ring (bicyclic) bond motifs is 1. The van der Waals surface area contributed by atoms with Crippen molar-refractivity contribution in [3.8, 4) is 17.6 Å². The summed E-state index contributed by atoms with van der Waals surface area (Å²) in [5, 5.41) is 14.4. The Balaban J connectivity index is 1.81. The Morgan fingerprint density at radius 3 is 2.51 bits per heavy atom. The molecule has 1 atom stereocenters. The second-order valence-corrected chi connectivity index (χ2v) is 9.96. The molecule has 10 nitrogen and oxygen atoms in total. The van der Waals surface area contributed by atoms with E-state index in [1.165, 1.54) is 28.8 Å². The number of halogens is 1. The molecule has 3 aromatic heterocycles. The van der Waals surface area contributed by atoms with Crippen LogP contribution in [0.5, 0.6) is 5.88 Å². The first-order valence-corrected chi connectivity index (χ1v) is 12.8. The van der Waals surface area contributed by atoms with Crippen molar-refractivity contribution < 1.29 is 9.53 Å². The topological polar surface area (TPSA) is 119 Å². The maximum Gasteiger partial charge on any atom is 0.280 e. The van der Waals surface area contributed by atoms with E-state index in [0.29, 0.717) is 45.5 Å². The fourth-order valence-corrected chi connectivity index (χ4v) is 5.21. The minimum atomic E-state index is -0.695. The smallest absolute Gasteiger partial charge is 0.280 e. The number of pyridine rings is 1. The van der Waals surface area contributed by atoms with Gasteiger partial charge in [-0.15, -0.1) is 0 Å². The SMILES string of the molecule is CCc1ncc(-n2nc3c(c2C(C)C)C(c2ccc(C#N)cc2)N(c2cc(Cl)cn(C)c2=O)C3=O)c(OC)n1. The number of hydrogen-bond acceptors (Lipinski definition) is 7. The maximum absolute atomic E-state index is 14.1. The predicted octanol–water partition coefficient (Wildman–Crippen LogP) is 4.33. The van der Waals surface area contributed by atoms with E-state index in [0.717, 1.165) is 5.69 Å². The normalized spacial score (nSPS) is 14.6. The summed E-state index contributed by atoms with van der Waals surface area (Å²) in [7, 11) is 3.11. The van der Waals surface area contributed by atoms with E-state index in [1.54, 1.807) is 42.2 Å². The second kappa shape index (κ2) is 10.0. The third-order valence-corrected chi connectivity index (χ3v) is 6.94. The number of rotatable bonds is 6. The fourth-order valence-electron chi connectivity index (χ4n) is 4.96. The van der Waals surface area contributed by atoms with E-state index in [-0.39, 0.29) is 22.9 Å². The van der Waals surface area contributed by atoms with Crippen LogP contribution in [-0.4, -0.2) is 37.3 Å². The van der Waals surface area contributed by atoms with Crippen LogP contribution in [0.2, 0.25) is 5.02 Å². The molecular formula is C28H26ClN7O3. The predicted molar refractivity (Wildman–Crippen MR) is 146 cm³/mol. The highest BCUT2D eigenvalue weighted by Gasteiger charge is 2.46. The van der Waals surface area contributed by atoms with E-state index < -0.39 is 11.9 Å². The Morgan fingerprint density at radius 2 is 1.90 bits per heavy atom. The van der Waals surface area contributed by atoms with Gasteiger partial charge in [-0.1, -0.05) is 44.5 Å². The van der Waals surface area contributed by atoms with Crippen LogP contribution in [0.15, 0.2) is 47.5 Å². The van der Waals surface area contributed by atoms with Crippen molar-refractivity contribution in [3.05, 3.63) is 92.0 Å². The molecule has 1 aromatic carbocycles. The second-order valence-electron chi connectivity index (χ2n) is 9.52. The van der Waals surface area contributed by atoms with Crippen molar-refractivity contribution in [2.75, 3.05) is 12.0 Å². The first-order chi connectivity index (χ1) is 18.7. The van der Waals surface area contributed by atoms with Crippen molar-refractivity contribution in [2.45, 2.75) is 39.2 Å². The van der Waals surface area contributed by atoms with Gasteiger partial charge in [0.1, 0.15) is 17.2 Å². The maximum atomic E-state index is 14.1. The number of anilines is 1. The van der Waals surface area contributed by atoms with Crippen molar-refractivity contribution in [1.82, 2.24) is 24.3 Å². The summed E-state index contributed by atoms with van der Waals surface area (Å²) >= 11 is 6.33. The number of aromatic nitrogens is 5. The zero-order valence-electron chi connectivity index (χ0n) is 22.1. The molecule has 198 valence electrons. The number of aryl methyl sites for hydroxylation is 2. The monoisotopic (exact) mass is 543 g/mol. The van der Waals surface area contributed by atoms with Gasteiger partial charge in [-0.2, -0.15) is 15.3 Å². The largest absolute Gasteiger partial charge is 0.479 e. The number of carbonyl (C=O) groups excluding carboxylic acids is 1. The van der Waals surface area contributed by atoms with Gasteiger partial charge in [0, 0.05) is 25.2 Å². The van der Waals surface area contributed by atoms with E-state index in [9.17, 15) is 14.9 Å². The summed E-state index contributed by atoms with van der Waals surface area (Å²) in [4.78, 5) is 37.7. The van der Waals surface area contributed by atoms with Crippen LogP contribution in [0.25, 0.3) is 5.69 Å². The summed E-state index contributed by atoms with van der Waals surface area (Å²) in [5.41, 5.74) is 3.07. The van der Waals surface area contributed by atoms with E-state index >= 15 is 0 Å². The van der Waals surface area contributed by atoms with Gasteiger partial charge in [-0.05, 0) is 29.7 Å². The molecule has 0 aliphatic carbocycles. The van der Waals surface area contributed by atoms with Crippen molar-refractivity contribution in [1.29, 1.82) is 5.26 Å². The van der Waals surface area contributed by atoms with Gasteiger partial charge in [0.2, 0.25) is 5.88 Å². The van der Waals surface area contributed by atoms with E-state index in [2.05, 4.69) is 16.0 Å². The molecule has 0 N–H and O–H groups in total. The van der Waals surface area contributed by atoms with Crippen LogP contribution >= 0.6 is 11.6 Å². The molecule has 0 saturated heterocycles. The highest BCUT2D eigenvalue weighted by molar-refractivity contribution is 6.30. The lowest BCUT2D eigenvalue weighted by Gasteiger charge is -2.27. The number of methoxy groups -OCH3 is 1. The van der Waals surface area contributed by atoms with Gasteiger partial charge in [0.05, 0.1) is 41.7 Å².